The second-order valence-electron chi connectivity index (χ2n) is 6.64. The van der Waals surface area contributed by atoms with E-state index < -0.39 is 0 Å². The smallest absolute Gasteiger partial charge is 0.318 e. The molecule has 0 atom stereocenters. The van der Waals surface area contributed by atoms with Crippen molar-refractivity contribution in [3.8, 4) is 5.75 Å². The number of nitrogens with zero attached hydrogens (tertiary/aromatic N) is 3. The van der Waals surface area contributed by atoms with Crippen molar-refractivity contribution < 1.29 is 9.53 Å². The molecule has 1 aliphatic heterocycles. The van der Waals surface area contributed by atoms with Gasteiger partial charge in [-0.05, 0) is 43.5 Å². The molecule has 2 aromatic rings. The van der Waals surface area contributed by atoms with Gasteiger partial charge in [0.2, 0.25) is 5.95 Å². The van der Waals surface area contributed by atoms with Crippen LogP contribution in [0, 0.1) is 0 Å². The normalized spacial score (nSPS) is 13.3. The van der Waals surface area contributed by atoms with Crippen molar-refractivity contribution in [2.45, 2.75) is 39.4 Å². The predicted molar refractivity (Wildman–Crippen MR) is 100 cm³/mol. The molecule has 26 heavy (non-hydrogen) atoms. The zero-order valence-corrected chi connectivity index (χ0v) is 15.5. The topological polar surface area (TPSA) is 79.4 Å². The predicted octanol–water partition coefficient (Wildman–Crippen LogP) is 2.57. The van der Waals surface area contributed by atoms with Gasteiger partial charge in [-0.25, -0.2) is 14.8 Å². The first kappa shape index (κ1) is 18.0. The number of urea groups is 1. The van der Waals surface area contributed by atoms with Crippen molar-refractivity contribution in [3.05, 3.63) is 47.3 Å². The number of carbonyl (C=O) groups excluding carboxylic acids is 1. The van der Waals surface area contributed by atoms with Crippen molar-refractivity contribution in [1.29, 1.82) is 0 Å². The van der Waals surface area contributed by atoms with Crippen molar-refractivity contribution in [2.75, 3.05) is 19.0 Å². The Morgan fingerprint density at radius 3 is 2.77 bits per heavy atom. The van der Waals surface area contributed by atoms with Crippen LogP contribution < -0.4 is 15.4 Å². The number of hydrogen-bond acceptors (Lipinski definition) is 5. The highest BCUT2D eigenvalue weighted by Crippen LogP contribution is 2.18. The average molecular weight is 355 g/mol. The summed E-state index contributed by atoms with van der Waals surface area (Å²) in [4.78, 5) is 23.2. The van der Waals surface area contributed by atoms with Crippen molar-refractivity contribution in [3.63, 3.8) is 0 Å². The van der Waals surface area contributed by atoms with Gasteiger partial charge in [-0.3, -0.25) is 0 Å². The van der Waals surface area contributed by atoms with Crippen LogP contribution in [-0.4, -0.2) is 40.6 Å². The fourth-order valence-electron chi connectivity index (χ4n) is 2.84. The van der Waals surface area contributed by atoms with Gasteiger partial charge in [0.1, 0.15) is 5.75 Å². The molecule has 0 spiro atoms. The molecule has 7 heteroatoms. The summed E-state index contributed by atoms with van der Waals surface area (Å²) in [7, 11) is 1.64. The SMILES string of the molecule is COc1ccc(CNC(=O)N2CCc3cnc(NC(C)C)nc3C2)cc1. The van der Waals surface area contributed by atoms with E-state index in [1.54, 1.807) is 12.0 Å². The molecule has 2 N–H and O–H groups in total. The van der Waals surface area contributed by atoms with Gasteiger partial charge in [-0.2, -0.15) is 0 Å². The minimum absolute atomic E-state index is 0.0801. The Bertz CT molecular complexity index is 761. The molecule has 0 bridgehead atoms. The molecule has 1 aliphatic rings. The highest BCUT2D eigenvalue weighted by atomic mass is 16.5. The molecule has 0 fully saturated rings. The molecule has 0 saturated carbocycles. The van der Waals surface area contributed by atoms with Crippen LogP contribution in [0.4, 0.5) is 10.7 Å². The van der Waals surface area contributed by atoms with E-state index in [-0.39, 0.29) is 12.1 Å². The van der Waals surface area contributed by atoms with E-state index in [4.69, 9.17) is 4.74 Å². The van der Waals surface area contributed by atoms with Crippen molar-refractivity contribution >= 4 is 12.0 Å². The van der Waals surface area contributed by atoms with E-state index in [1.165, 1.54) is 0 Å². The summed E-state index contributed by atoms with van der Waals surface area (Å²) < 4.78 is 5.14. The van der Waals surface area contributed by atoms with Crippen molar-refractivity contribution in [1.82, 2.24) is 20.2 Å². The van der Waals surface area contributed by atoms with E-state index in [0.29, 0.717) is 25.6 Å². The van der Waals surface area contributed by atoms with Gasteiger partial charge < -0.3 is 20.3 Å². The minimum Gasteiger partial charge on any atom is -0.497 e. The third-order valence-electron chi connectivity index (χ3n) is 4.25. The zero-order valence-electron chi connectivity index (χ0n) is 15.5. The summed E-state index contributed by atoms with van der Waals surface area (Å²) in [6, 6.07) is 7.85. The number of hydrogen-bond donors (Lipinski definition) is 2. The third kappa shape index (κ3) is 4.41. The molecule has 1 aromatic carbocycles. The highest BCUT2D eigenvalue weighted by molar-refractivity contribution is 5.74. The number of amides is 2. The van der Waals surface area contributed by atoms with Crippen LogP contribution in [0.1, 0.15) is 30.7 Å². The standard InChI is InChI=1S/C19H25N5O2/c1-13(2)22-18-20-11-15-8-9-24(12-17(15)23-18)19(25)21-10-14-4-6-16(26-3)7-5-14/h4-7,11,13H,8-10,12H2,1-3H3,(H,21,25)(H,20,22,23). The molecule has 2 amide bonds. The van der Waals surface area contributed by atoms with Crippen LogP contribution in [0.3, 0.4) is 0 Å². The number of benzene rings is 1. The minimum atomic E-state index is -0.0801. The number of rotatable bonds is 5. The summed E-state index contributed by atoms with van der Waals surface area (Å²) >= 11 is 0. The van der Waals surface area contributed by atoms with Gasteiger partial charge >= 0.3 is 6.03 Å². The number of anilines is 1. The fourth-order valence-corrected chi connectivity index (χ4v) is 2.84. The maximum absolute atomic E-state index is 12.5. The number of aromatic nitrogens is 2. The summed E-state index contributed by atoms with van der Waals surface area (Å²) in [5, 5.41) is 6.17. The van der Waals surface area contributed by atoms with Crippen molar-refractivity contribution in [2.24, 2.45) is 0 Å². The van der Waals surface area contributed by atoms with Crippen LogP contribution in [0.15, 0.2) is 30.5 Å². The van der Waals surface area contributed by atoms with Gasteiger partial charge in [0, 0.05) is 25.3 Å². The van der Waals surface area contributed by atoms with Gasteiger partial charge in [0.25, 0.3) is 0 Å². The molecule has 0 radical (unpaired) electrons. The van der Waals surface area contributed by atoms with Crippen LogP contribution in [-0.2, 0) is 19.5 Å². The lowest BCUT2D eigenvalue weighted by Gasteiger charge is -2.28. The zero-order chi connectivity index (χ0) is 18.5. The first-order chi connectivity index (χ1) is 12.5. The number of fused-ring (bicyclic) bond motifs is 1. The fraction of sp³-hybridized carbons (Fsp3) is 0.421. The van der Waals surface area contributed by atoms with Crippen LogP contribution >= 0.6 is 0 Å². The molecule has 0 aliphatic carbocycles. The molecule has 3 rings (SSSR count). The van der Waals surface area contributed by atoms with Gasteiger partial charge in [-0.15, -0.1) is 0 Å². The van der Waals surface area contributed by atoms with Crippen LogP contribution in [0.2, 0.25) is 0 Å². The summed E-state index contributed by atoms with van der Waals surface area (Å²) in [6.45, 7) is 5.74. The number of nitrogens with one attached hydrogen (secondary N) is 2. The molecule has 2 heterocycles. The lowest BCUT2D eigenvalue weighted by atomic mass is 10.1. The summed E-state index contributed by atoms with van der Waals surface area (Å²) in [6.07, 6.45) is 2.63. The van der Waals surface area contributed by atoms with Gasteiger partial charge in [-0.1, -0.05) is 12.1 Å². The third-order valence-corrected chi connectivity index (χ3v) is 4.25. The second kappa shape index (κ2) is 8.03. The van der Waals surface area contributed by atoms with Crippen LogP contribution in [0.5, 0.6) is 5.75 Å². The Balaban J connectivity index is 1.59. The van der Waals surface area contributed by atoms with Gasteiger partial charge in [0.05, 0.1) is 19.3 Å². The maximum atomic E-state index is 12.5. The highest BCUT2D eigenvalue weighted by Gasteiger charge is 2.22. The summed E-state index contributed by atoms with van der Waals surface area (Å²) in [5.74, 6) is 1.41. The van der Waals surface area contributed by atoms with Crippen LogP contribution in [0.25, 0.3) is 0 Å². The quantitative estimate of drug-likeness (QED) is 0.862. The van der Waals surface area contributed by atoms with E-state index >= 15 is 0 Å². The van der Waals surface area contributed by atoms with Gasteiger partial charge in [0.15, 0.2) is 0 Å². The Labute approximate surface area is 153 Å². The largest absolute Gasteiger partial charge is 0.497 e. The second-order valence-corrected chi connectivity index (χ2v) is 6.64. The van der Waals surface area contributed by atoms with E-state index in [9.17, 15) is 4.79 Å². The molecule has 1 aromatic heterocycles. The Morgan fingerprint density at radius 2 is 2.08 bits per heavy atom. The maximum Gasteiger partial charge on any atom is 0.318 e. The van der Waals surface area contributed by atoms with E-state index in [2.05, 4.69) is 20.6 Å². The Kier molecular flexibility index (Phi) is 5.55. The Hall–Kier alpha value is -2.83. The van der Waals surface area contributed by atoms with E-state index in [0.717, 1.165) is 29.0 Å². The molecular formula is C19H25N5O2. The molecular weight excluding hydrogens is 330 g/mol. The number of ether oxygens (including phenoxy) is 1. The summed E-state index contributed by atoms with van der Waals surface area (Å²) in [5.41, 5.74) is 3.05. The molecule has 138 valence electrons. The molecule has 0 saturated heterocycles. The van der Waals surface area contributed by atoms with E-state index in [1.807, 2.05) is 44.3 Å². The lowest BCUT2D eigenvalue weighted by molar-refractivity contribution is 0.191. The monoisotopic (exact) mass is 355 g/mol. The number of methoxy groups -OCH3 is 1. The molecule has 7 nitrogen and oxygen atoms in total. The Morgan fingerprint density at radius 1 is 1.31 bits per heavy atom. The average Bonchev–Trinajstić information content (AvgIpc) is 2.65. The first-order valence-corrected chi connectivity index (χ1v) is 8.82. The lowest BCUT2D eigenvalue weighted by Crippen LogP contribution is -2.42. The number of carbonyl (C=O) groups is 1. The first-order valence-electron chi connectivity index (χ1n) is 8.82. The molecule has 0 unspecified atom stereocenters.